The Balaban J connectivity index is 1.21. The van der Waals surface area contributed by atoms with Gasteiger partial charge in [-0.05, 0) is 56.1 Å². The van der Waals surface area contributed by atoms with Gasteiger partial charge in [-0.25, -0.2) is 0 Å². The SMILES string of the molecule is O=C(CN1CCOCC1)NC1CCC(C(=O)NC2CCCc3ccccc32)CC1. The molecule has 2 fully saturated rings. The van der Waals surface area contributed by atoms with Crippen LogP contribution >= 0.6 is 0 Å². The van der Waals surface area contributed by atoms with Crippen molar-refractivity contribution >= 4 is 11.8 Å². The largest absolute Gasteiger partial charge is 0.379 e. The molecule has 2 N–H and O–H groups in total. The van der Waals surface area contributed by atoms with Gasteiger partial charge in [-0.3, -0.25) is 14.5 Å². The summed E-state index contributed by atoms with van der Waals surface area (Å²) in [6.07, 6.45) is 6.73. The minimum atomic E-state index is 0.0662. The smallest absolute Gasteiger partial charge is 0.234 e. The molecule has 4 rings (SSSR count). The number of ether oxygens (including phenoxy) is 1. The fraction of sp³-hybridized carbons (Fsp3) is 0.652. The summed E-state index contributed by atoms with van der Waals surface area (Å²) >= 11 is 0. The molecule has 6 heteroatoms. The quantitative estimate of drug-likeness (QED) is 0.796. The molecule has 1 unspecified atom stereocenters. The van der Waals surface area contributed by atoms with Crippen molar-refractivity contribution in [3.8, 4) is 0 Å². The summed E-state index contributed by atoms with van der Waals surface area (Å²) < 4.78 is 5.33. The van der Waals surface area contributed by atoms with E-state index >= 15 is 0 Å². The van der Waals surface area contributed by atoms with Crippen LogP contribution in [-0.2, 0) is 20.7 Å². The second-order valence-electron chi connectivity index (χ2n) is 8.66. The molecule has 1 saturated heterocycles. The zero-order chi connectivity index (χ0) is 20.1. The van der Waals surface area contributed by atoms with Crippen molar-refractivity contribution in [2.45, 2.75) is 57.0 Å². The van der Waals surface area contributed by atoms with Gasteiger partial charge in [0.25, 0.3) is 0 Å². The highest BCUT2D eigenvalue weighted by Crippen LogP contribution is 2.31. The van der Waals surface area contributed by atoms with E-state index < -0.39 is 0 Å². The number of hydrogen-bond donors (Lipinski definition) is 2. The third-order valence-corrected chi connectivity index (χ3v) is 6.62. The topological polar surface area (TPSA) is 70.7 Å². The minimum absolute atomic E-state index is 0.0662. The molecule has 2 amide bonds. The van der Waals surface area contributed by atoms with Crippen molar-refractivity contribution < 1.29 is 14.3 Å². The molecule has 1 saturated carbocycles. The van der Waals surface area contributed by atoms with Crippen LogP contribution < -0.4 is 10.6 Å². The van der Waals surface area contributed by atoms with Crippen LogP contribution in [0.15, 0.2) is 24.3 Å². The summed E-state index contributed by atoms with van der Waals surface area (Å²) in [6.45, 7) is 3.51. The van der Waals surface area contributed by atoms with Gasteiger partial charge in [-0.1, -0.05) is 24.3 Å². The lowest BCUT2D eigenvalue weighted by atomic mass is 9.84. The molecule has 0 aromatic heterocycles. The van der Waals surface area contributed by atoms with Gasteiger partial charge >= 0.3 is 0 Å². The van der Waals surface area contributed by atoms with Gasteiger partial charge in [0, 0.05) is 25.0 Å². The maximum absolute atomic E-state index is 12.9. The number of fused-ring (bicyclic) bond motifs is 1. The highest BCUT2D eigenvalue weighted by Gasteiger charge is 2.30. The average molecular weight is 400 g/mol. The van der Waals surface area contributed by atoms with Crippen molar-refractivity contribution in [3.05, 3.63) is 35.4 Å². The van der Waals surface area contributed by atoms with Crippen molar-refractivity contribution in [2.75, 3.05) is 32.8 Å². The maximum atomic E-state index is 12.9. The molecule has 29 heavy (non-hydrogen) atoms. The van der Waals surface area contributed by atoms with Crippen molar-refractivity contribution in [2.24, 2.45) is 5.92 Å². The third-order valence-electron chi connectivity index (χ3n) is 6.62. The Morgan fingerprint density at radius 3 is 2.55 bits per heavy atom. The standard InChI is InChI=1S/C23H33N3O3/c27-22(16-26-12-14-29-15-13-26)24-19-10-8-18(9-11-19)23(28)25-21-7-3-5-17-4-1-2-6-20(17)21/h1-2,4,6,18-19,21H,3,5,7-16H2,(H,24,27)(H,25,28). The molecule has 0 bridgehead atoms. The van der Waals surface area contributed by atoms with E-state index in [0.29, 0.717) is 19.8 Å². The van der Waals surface area contributed by atoms with Crippen molar-refractivity contribution in [3.63, 3.8) is 0 Å². The van der Waals surface area contributed by atoms with Crippen LogP contribution in [0.2, 0.25) is 0 Å². The molecular weight excluding hydrogens is 366 g/mol. The number of carbonyl (C=O) groups is 2. The fourth-order valence-electron chi connectivity index (χ4n) is 4.93. The van der Waals surface area contributed by atoms with Gasteiger partial charge in [-0.2, -0.15) is 0 Å². The zero-order valence-electron chi connectivity index (χ0n) is 17.2. The zero-order valence-corrected chi connectivity index (χ0v) is 17.2. The Kier molecular flexibility index (Phi) is 6.82. The number of hydrogen-bond acceptors (Lipinski definition) is 4. The van der Waals surface area contributed by atoms with E-state index in [4.69, 9.17) is 4.74 Å². The summed E-state index contributed by atoms with van der Waals surface area (Å²) in [7, 11) is 0. The summed E-state index contributed by atoms with van der Waals surface area (Å²) in [4.78, 5) is 27.3. The predicted octanol–water partition coefficient (Wildman–Crippen LogP) is 2.19. The summed E-state index contributed by atoms with van der Waals surface area (Å²) in [5, 5.41) is 6.48. The van der Waals surface area contributed by atoms with Crippen molar-refractivity contribution in [1.29, 1.82) is 0 Å². The highest BCUT2D eigenvalue weighted by atomic mass is 16.5. The van der Waals surface area contributed by atoms with Gasteiger partial charge in [0.15, 0.2) is 0 Å². The third kappa shape index (κ3) is 5.37. The monoisotopic (exact) mass is 399 g/mol. The number of rotatable bonds is 5. The van der Waals surface area contributed by atoms with Crippen LogP contribution in [0.1, 0.15) is 55.7 Å². The molecule has 1 atom stereocenters. The van der Waals surface area contributed by atoms with Crippen LogP contribution in [0.5, 0.6) is 0 Å². The van der Waals surface area contributed by atoms with Crippen molar-refractivity contribution in [1.82, 2.24) is 15.5 Å². The number of benzene rings is 1. The normalized spacial score (nSPS) is 27.7. The van der Waals surface area contributed by atoms with Gasteiger partial charge < -0.3 is 15.4 Å². The Hall–Kier alpha value is -1.92. The number of carbonyl (C=O) groups excluding carboxylic acids is 2. The Morgan fingerprint density at radius 1 is 1.00 bits per heavy atom. The molecule has 1 aliphatic heterocycles. The first kappa shape index (κ1) is 20.4. The van der Waals surface area contributed by atoms with E-state index in [1.807, 2.05) is 0 Å². The van der Waals surface area contributed by atoms with Crippen LogP contribution in [-0.4, -0.2) is 55.6 Å². The van der Waals surface area contributed by atoms with E-state index in [0.717, 1.165) is 58.0 Å². The molecule has 0 spiro atoms. The van der Waals surface area contributed by atoms with E-state index in [1.165, 1.54) is 11.1 Å². The number of aryl methyl sites for hydroxylation is 1. The highest BCUT2D eigenvalue weighted by molar-refractivity contribution is 5.80. The molecule has 3 aliphatic rings. The predicted molar refractivity (Wildman–Crippen MR) is 111 cm³/mol. The van der Waals surface area contributed by atoms with Gasteiger partial charge in [0.05, 0.1) is 25.8 Å². The molecule has 2 aliphatic carbocycles. The van der Waals surface area contributed by atoms with Crippen LogP contribution in [0.25, 0.3) is 0 Å². The molecule has 1 aromatic rings. The summed E-state index contributed by atoms with van der Waals surface area (Å²) in [5.74, 6) is 0.347. The molecule has 1 heterocycles. The Labute approximate surface area is 173 Å². The van der Waals surface area contributed by atoms with Crippen LogP contribution in [0, 0.1) is 5.92 Å². The van der Waals surface area contributed by atoms with E-state index in [2.05, 4.69) is 39.8 Å². The van der Waals surface area contributed by atoms with Gasteiger partial charge in [0.2, 0.25) is 11.8 Å². The summed E-state index contributed by atoms with van der Waals surface area (Å²) in [6, 6.07) is 8.83. The first-order chi connectivity index (χ1) is 14.2. The van der Waals surface area contributed by atoms with Crippen LogP contribution in [0.4, 0.5) is 0 Å². The first-order valence-corrected chi connectivity index (χ1v) is 11.2. The molecular formula is C23H33N3O3. The second kappa shape index (κ2) is 9.72. The number of nitrogens with one attached hydrogen (secondary N) is 2. The Bertz CT molecular complexity index is 709. The van der Waals surface area contributed by atoms with E-state index in [-0.39, 0.29) is 29.8 Å². The number of nitrogens with zero attached hydrogens (tertiary/aromatic N) is 1. The lowest BCUT2D eigenvalue weighted by Crippen LogP contribution is -2.47. The van der Waals surface area contributed by atoms with Gasteiger partial charge in [-0.15, -0.1) is 0 Å². The van der Waals surface area contributed by atoms with Crippen LogP contribution in [0.3, 0.4) is 0 Å². The lowest BCUT2D eigenvalue weighted by molar-refractivity contribution is -0.127. The molecule has 158 valence electrons. The minimum Gasteiger partial charge on any atom is -0.379 e. The molecule has 0 radical (unpaired) electrons. The number of amides is 2. The molecule has 1 aromatic carbocycles. The van der Waals surface area contributed by atoms with E-state index in [1.54, 1.807) is 0 Å². The van der Waals surface area contributed by atoms with Gasteiger partial charge in [0.1, 0.15) is 0 Å². The second-order valence-corrected chi connectivity index (χ2v) is 8.66. The first-order valence-electron chi connectivity index (χ1n) is 11.2. The summed E-state index contributed by atoms with van der Waals surface area (Å²) in [5.41, 5.74) is 2.66. The van der Waals surface area contributed by atoms with E-state index in [9.17, 15) is 9.59 Å². The lowest BCUT2D eigenvalue weighted by Gasteiger charge is -2.32. The molecule has 6 nitrogen and oxygen atoms in total. The fourth-order valence-corrected chi connectivity index (χ4v) is 4.93. The Morgan fingerprint density at radius 2 is 1.76 bits per heavy atom. The average Bonchev–Trinajstić information content (AvgIpc) is 2.75. The number of morpholine rings is 1. The maximum Gasteiger partial charge on any atom is 0.234 e.